The predicted octanol–water partition coefficient (Wildman–Crippen LogP) is 20.3. The lowest BCUT2D eigenvalue weighted by Crippen LogP contribution is -2.02. The Morgan fingerprint density at radius 2 is 0.652 bits per heavy atom. The Morgan fingerprint density at radius 3 is 1.07 bits per heavy atom. The molecule has 12 nitrogen and oxygen atoms in total. The Balaban J connectivity index is 1.13. The molecule has 13 rings (SSSR count). The summed E-state index contributed by atoms with van der Waals surface area (Å²) >= 11 is 0. The first-order chi connectivity index (χ1) is 43.5. The highest BCUT2D eigenvalue weighted by Crippen LogP contribution is 2.47. The van der Waals surface area contributed by atoms with Crippen LogP contribution in [0.5, 0.6) is 0 Å². The van der Waals surface area contributed by atoms with Crippen LogP contribution in [0.2, 0.25) is 0 Å². The molecule has 0 atom stereocenters. The van der Waals surface area contributed by atoms with Crippen molar-refractivity contribution < 1.29 is 0 Å². The van der Waals surface area contributed by atoms with Gasteiger partial charge in [-0.1, -0.05) is 97.1 Å². The van der Waals surface area contributed by atoms with E-state index in [1.165, 1.54) is 0 Å². The van der Waals surface area contributed by atoms with E-state index in [0.717, 1.165) is 93.8 Å². The molecule has 0 bridgehead atoms. The number of aryl methyl sites for hydroxylation is 1. The molecule has 2 heterocycles. The van der Waals surface area contributed by atoms with Crippen molar-refractivity contribution in [2.45, 2.75) is 6.92 Å². The fourth-order valence-electron chi connectivity index (χ4n) is 12.2. The molecular formula is C77H36N12. The van der Waals surface area contributed by atoms with Crippen LogP contribution in [-0.2, 0) is 0 Å². The summed E-state index contributed by atoms with van der Waals surface area (Å²) in [5, 5.41) is 53.5. The van der Waals surface area contributed by atoms with Gasteiger partial charge in [0.2, 0.25) is 0 Å². The molecule has 0 aliphatic heterocycles. The van der Waals surface area contributed by atoms with Gasteiger partial charge in [0.25, 0.3) is 0 Å². The highest BCUT2D eigenvalue weighted by molar-refractivity contribution is 6.15. The van der Waals surface area contributed by atoms with E-state index in [4.69, 9.17) is 32.9 Å². The number of aromatic nitrogens is 2. The monoisotopic (exact) mass is 1130 g/mol. The molecule has 0 spiro atoms. The van der Waals surface area contributed by atoms with Gasteiger partial charge in [0.15, 0.2) is 28.4 Å². The topological polar surface area (TPSA) is 151 Å². The summed E-state index contributed by atoms with van der Waals surface area (Å²) < 4.78 is 4.35. The van der Waals surface area contributed by atoms with Crippen molar-refractivity contribution >= 4 is 72.0 Å². The Bertz CT molecular complexity index is 5510. The van der Waals surface area contributed by atoms with Crippen molar-refractivity contribution in [3.63, 3.8) is 0 Å². The Morgan fingerprint density at radius 1 is 0.292 bits per heavy atom. The van der Waals surface area contributed by atoms with Crippen LogP contribution in [0.4, 0.5) is 28.4 Å². The summed E-state index contributed by atoms with van der Waals surface area (Å²) in [6, 6.07) is 72.9. The zero-order valence-electron chi connectivity index (χ0n) is 46.9. The summed E-state index contributed by atoms with van der Waals surface area (Å²) in [4.78, 5) is 18.9. The number of nitrogens with zero attached hydrogens (tertiary/aromatic N) is 12. The van der Waals surface area contributed by atoms with Gasteiger partial charge in [-0.05, 0) is 177 Å². The van der Waals surface area contributed by atoms with E-state index in [2.05, 4.69) is 75.8 Å². The molecular weight excluding hydrogens is 1090 g/mol. The lowest BCUT2D eigenvalue weighted by atomic mass is 9.93. The van der Waals surface area contributed by atoms with Crippen LogP contribution in [-0.4, -0.2) is 9.13 Å². The van der Waals surface area contributed by atoms with E-state index < -0.39 is 0 Å². The van der Waals surface area contributed by atoms with Gasteiger partial charge in [0.05, 0.1) is 124 Å². The zero-order valence-corrected chi connectivity index (χ0v) is 46.9. The van der Waals surface area contributed by atoms with Gasteiger partial charge < -0.3 is 9.13 Å². The molecule has 0 saturated carbocycles. The quantitative estimate of drug-likeness (QED) is 0.139. The predicted molar refractivity (Wildman–Crippen MR) is 347 cm³/mol. The molecule has 2 aromatic heterocycles. The minimum absolute atomic E-state index is 0.323. The van der Waals surface area contributed by atoms with Crippen molar-refractivity contribution in [3.8, 4) is 108 Å². The molecule has 0 aliphatic carbocycles. The first kappa shape index (κ1) is 54.2. The number of hydrogen-bond donors (Lipinski definition) is 0. The fourth-order valence-corrected chi connectivity index (χ4v) is 12.2. The maximum Gasteiger partial charge on any atom is 0.188 e. The summed E-state index contributed by atoms with van der Waals surface area (Å²) in [6.07, 6.45) is 0. The molecule has 0 aliphatic rings. The van der Waals surface area contributed by atoms with Crippen molar-refractivity contribution in [2.24, 2.45) is 0 Å². The van der Waals surface area contributed by atoms with Gasteiger partial charge in [-0.3, -0.25) is 0 Å². The van der Waals surface area contributed by atoms with Crippen LogP contribution < -0.4 is 0 Å². The number of nitriles is 5. The Labute approximate surface area is 510 Å². The Kier molecular flexibility index (Phi) is 13.3. The number of benzene rings is 11. The second kappa shape index (κ2) is 21.9. The lowest BCUT2D eigenvalue weighted by Gasteiger charge is -2.21. The van der Waals surface area contributed by atoms with Crippen molar-refractivity contribution in [1.29, 1.82) is 26.3 Å². The first-order valence-corrected chi connectivity index (χ1v) is 27.6. The standard InChI is InChI=1S/C77H36N12/c1-45-29-46(40-78)7-18-59(45)53-10-21-64(77(36-53)89-74-26-13-51(62-22-15-57(84-3)38-70(62)86-5)34-67(74)68-35-52(14-27-75(68)89)63-23-16-58(85-4)39-71(63)87-6)69-37-56(83-2)17-28-76(69)88-72-24-11-49(60-19-8-47(41-79)30-54(60)43-81)32-65(72)66-33-50(12-25-73(66)88)61-20-9-48(42-80)31-55(61)44-82/h7-39H,1H3. The SMILES string of the molecule is [C-]#[N+]c1ccc(-c2ccc3c(c2)c2cc(-c4ccc([N+]#[C-])cc4[N+]#[C-])ccc2n3-c2cc(-c3ccc(C#N)cc3C)ccc2-c2cc([N+]#[C-])ccc2-n2c3ccc(-c4ccc(C#N)cc4C#N)cc3c3cc(-c4ccc(C#N)cc4C#N)ccc32)c([N+]#[C-])c1. The van der Waals surface area contributed by atoms with Gasteiger partial charge in [-0.2, -0.15) is 26.3 Å². The van der Waals surface area contributed by atoms with Gasteiger partial charge in [0.1, 0.15) is 0 Å². The van der Waals surface area contributed by atoms with Crippen LogP contribution in [0, 0.1) is 96.4 Å². The van der Waals surface area contributed by atoms with Gasteiger partial charge in [-0.15, -0.1) is 0 Å². The van der Waals surface area contributed by atoms with Crippen molar-refractivity contribution in [2.75, 3.05) is 0 Å². The second-order valence-electron chi connectivity index (χ2n) is 21.1. The fraction of sp³-hybridized carbons (Fsp3) is 0.0130. The van der Waals surface area contributed by atoms with E-state index in [1.54, 1.807) is 84.9 Å². The molecule has 0 amide bonds. The van der Waals surface area contributed by atoms with Crippen molar-refractivity contribution in [1.82, 2.24) is 9.13 Å². The first-order valence-electron chi connectivity index (χ1n) is 27.6. The molecule has 13 aromatic rings. The molecule has 404 valence electrons. The van der Waals surface area contributed by atoms with E-state index in [0.29, 0.717) is 89.8 Å². The molecule has 0 radical (unpaired) electrons. The Hall–Kier alpha value is -14.1. The highest BCUT2D eigenvalue weighted by atomic mass is 15.0. The second-order valence-corrected chi connectivity index (χ2v) is 21.1. The number of rotatable bonds is 8. The van der Waals surface area contributed by atoms with E-state index >= 15 is 0 Å². The van der Waals surface area contributed by atoms with E-state index in [9.17, 15) is 26.3 Å². The van der Waals surface area contributed by atoms with E-state index in [-0.39, 0.29) is 0 Å². The normalized spacial score (nSPS) is 10.6. The number of fused-ring (bicyclic) bond motifs is 6. The maximum atomic E-state index is 10.4. The lowest BCUT2D eigenvalue weighted by molar-refractivity contribution is 1.16. The number of hydrogen-bond acceptors (Lipinski definition) is 5. The summed E-state index contributed by atoms with van der Waals surface area (Å²) in [7, 11) is 0. The van der Waals surface area contributed by atoms with Gasteiger partial charge >= 0.3 is 0 Å². The third kappa shape index (κ3) is 9.11. The highest BCUT2D eigenvalue weighted by Gasteiger charge is 2.25. The van der Waals surface area contributed by atoms with Crippen LogP contribution >= 0.6 is 0 Å². The summed E-state index contributed by atoms with van der Waals surface area (Å²) in [6.45, 7) is 42.2. The minimum atomic E-state index is 0.323. The smallest absolute Gasteiger partial charge is 0.188 e. The minimum Gasteiger partial charge on any atom is -0.309 e. The average molecular weight is 1130 g/mol. The maximum absolute atomic E-state index is 10.4. The largest absolute Gasteiger partial charge is 0.309 e. The molecule has 89 heavy (non-hydrogen) atoms. The van der Waals surface area contributed by atoms with Crippen LogP contribution in [0.15, 0.2) is 200 Å². The zero-order chi connectivity index (χ0) is 61.6. The van der Waals surface area contributed by atoms with Gasteiger partial charge in [0, 0.05) is 27.1 Å². The third-order valence-corrected chi connectivity index (χ3v) is 16.3. The summed E-state index contributed by atoms with van der Waals surface area (Å²) in [5.41, 5.74) is 17.7. The molecule has 12 heteroatoms. The van der Waals surface area contributed by atoms with Crippen LogP contribution in [0.1, 0.15) is 33.4 Å². The average Bonchev–Trinajstić information content (AvgIpc) is 1.71. The van der Waals surface area contributed by atoms with Crippen LogP contribution in [0.3, 0.4) is 0 Å². The van der Waals surface area contributed by atoms with Crippen LogP contribution in [0.25, 0.3) is 146 Å². The third-order valence-electron chi connectivity index (χ3n) is 16.3. The molecule has 11 aromatic carbocycles. The molecule has 0 unspecified atom stereocenters. The summed E-state index contributed by atoms with van der Waals surface area (Å²) in [5.74, 6) is 0. The molecule has 0 saturated heterocycles. The van der Waals surface area contributed by atoms with Crippen molar-refractivity contribution in [3.05, 3.63) is 291 Å². The molecule has 0 fully saturated rings. The van der Waals surface area contributed by atoms with Gasteiger partial charge in [-0.25, -0.2) is 24.2 Å². The van der Waals surface area contributed by atoms with E-state index in [1.807, 2.05) is 110 Å². The molecule has 0 N–H and O–H groups in total.